The van der Waals surface area contributed by atoms with Crippen LogP contribution in [-0.2, 0) is 16.8 Å². The number of pyridine rings is 2. The first-order chi connectivity index (χ1) is 16.6. The van der Waals surface area contributed by atoms with E-state index in [0.717, 1.165) is 32.9 Å². The molecular formula is C24H22CoN6S4+2. The molecule has 0 saturated heterocycles. The van der Waals surface area contributed by atoms with E-state index in [1.54, 1.807) is 18.6 Å². The van der Waals surface area contributed by atoms with Crippen molar-refractivity contribution in [2.45, 2.75) is 0 Å². The Kier molecular flexibility index (Phi) is 12.8. The topological polar surface area (TPSA) is 74.6 Å². The van der Waals surface area contributed by atoms with Crippen molar-refractivity contribution in [1.29, 1.82) is 0 Å². The Morgan fingerprint density at radius 2 is 1.40 bits per heavy atom. The Hall–Kier alpha value is -2.41. The van der Waals surface area contributed by atoms with Gasteiger partial charge in [-0.15, -0.1) is 0 Å². The number of nitrogens with zero attached hydrogens (tertiary/aromatic N) is 4. The van der Waals surface area contributed by atoms with Gasteiger partial charge in [0.05, 0.1) is 23.8 Å². The first-order valence-electron chi connectivity index (χ1n) is 10.0. The predicted octanol–water partition coefficient (Wildman–Crippen LogP) is 5.61. The summed E-state index contributed by atoms with van der Waals surface area (Å²) < 4.78 is 1.28. The van der Waals surface area contributed by atoms with Crippen molar-refractivity contribution in [3.8, 4) is 0 Å². The number of rotatable bonds is 4. The molecule has 0 amide bonds. The van der Waals surface area contributed by atoms with Gasteiger partial charge in [-0.05, 0) is 35.4 Å². The predicted molar refractivity (Wildman–Crippen MR) is 157 cm³/mol. The van der Waals surface area contributed by atoms with E-state index in [2.05, 4.69) is 31.0 Å². The second-order valence-corrected chi connectivity index (χ2v) is 9.56. The third-order valence-electron chi connectivity index (χ3n) is 4.42. The molecule has 2 aromatic carbocycles. The van der Waals surface area contributed by atoms with Crippen molar-refractivity contribution in [2.24, 2.45) is 10.2 Å². The van der Waals surface area contributed by atoms with Crippen LogP contribution in [0.4, 0.5) is 0 Å². The first-order valence-corrected chi connectivity index (χ1v) is 13.3. The summed E-state index contributed by atoms with van der Waals surface area (Å²) in [7, 11) is 0. The summed E-state index contributed by atoms with van der Waals surface area (Å²) in [6, 6.07) is 20.1. The largest absolute Gasteiger partial charge is 2.00 e. The Labute approximate surface area is 234 Å². The van der Waals surface area contributed by atoms with Gasteiger partial charge in [0.2, 0.25) is 0 Å². The van der Waals surface area contributed by atoms with Crippen LogP contribution in [-0.4, -0.2) is 43.5 Å². The standard InChI is InChI=1S/2C12H11N3S2.Co/c1-17-12(16)15-14-8-11-6-9-4-2-3-5-10(9)7-13-11;1-17-12(16)15-14-8-11-10-5-3-2-4-9(10)6-7-13-11;/h2*2-8H,1H3,(H,15,16);/q;;+2. The third kappa shape index (κ3) is 9.28. The van der Waals surface area contributed by atoms with E-state index in [0.29, 0.717) is 8.64 Å². The molecule has 0 fully saturated rings. The Morgan fingerprint density at radius 1 is 0.800 bits per heavy atom. The minimum Gasteiger partial charge on any atom is -0.262 e. The molecule has 0 unspecified atom stereocenters. The Morgan fingerprint density at radius 3 is 2.09 bits per heavy atom. The second-order valence-electron chi connectivity index (χ2n) is 6.60. The molecule has 1 radical (unpaired) electrons. The average Bonchev–Trinajstić information content (AvgIpc) is 2.89. The maximum Gasteiger partial charge on any atom is 2.00 e. The molecule has 0 saturated carbocycles. The zero-order chi connectivity index (χ0) is 24.2. The number of hydrogen-bond donors (Lipinski definition) is 2. The van der Waals surface area contributed by atoms with Crippen LogP contribution in [0.3, 0.4) is 0 Å². The van der Waals surface area contributed by atoms with Gasteiger partial charge in [0, 0.05) is 23.2 Å². The van der Waals surface area contributed by atoms with Crippen LogP contribution in [0.15, 0.2) is 83.3 Å². The summed E-state index contributed by atoms with van der Waals surface area (Å²) in [6.45, 7) is 0. The first kappa shape index (κ1) is 28.8. The Balaban J connectivity index is 0.000000240. The number of aromatic nitrogens is 2. The summed E-state index contributed by atoms with van der Waals surface area (Å²) in [5, 5.41) is 12.6. The molecule has 0 aliphatic rings. The molecule has 2 N–H and O–H groups in total. The SMILES string of the molecule is CSC(=S)NN=Cc1cc2ccccc2cn1.CSC(=S)NN=Cc1nccc2ccccc12.[Co+2]. The number of nitrogens with one attached hydrogen (secondary N) is 2. The van der Waals surface area contributed by atoms with Crippen LogP contribution >= 0.6 is 48.0 Å². The Bertz CT molecular complexity index is 1330. The molecule has 4 aromatic rings. The van der Waals surface area contributed by atoms with Gasteiger partial charge in [-0.1, -0.05) is 96.5 Å². The number of benzene rings is 2. The van der Waals surface area contributed by atoms with Crippen molar-refractivity contribution in [2.75, 3.05) is 12.5 Å². The van der Waals surface area contributed by atoms with Crippen LogP contribution in [0.1, 0.15) is 11.4 Å². The molecule has 0 aliphatic carbocycles. The van der Waals surface area contributed by atoms with Crippen LogP contribution in [0.5, 0.6) is 0 Å². The monoisotopic (exact) mass is 581 g/mol. The van der Waals surface area contributed by atoms with Crippen LogP contribution in [0.25, 0.3) is 21.5 Å². The molecule has 0 atom stereocenters. The molecular weight excluding hydrogens is 560 g/mol. The fourth-order valence-corrected chi connectivity index (χ4v) is 3.20. The van der Waals surface area contributed by atoms with E-state index >= 15 is 0 Å². The normalized spacial score (nSPS) is 10.6. The summed E-state index contributed by atoms with van der Waals surface area (Å²) in [4.78, 5) is 8.58. The summed E-state index contributed by atoms with van der Waals surface area (Å²) in [5.41, 5.74) is 7.16. The smallest absolute Gasteiger partial charge is 0.262 e. The fraction of sp³-hybridized carbons (Fsp3) is 0.0833. The minimum absolute atomic E-state index is 0. The van der Waals surface area contributed by atoms with Crippen LogP contribution in [0.2, 0.25) is 0 Å². The maximum absolute atomic E-state index is 4.98. The van der Waals surface area contributed by atoms with Gasteiger partial charge in [-0.3, -0.25) is 20.8 Å². The summed E-state index contributed by atoms with van der Waals surface area (Å²) in [6.07, 6.45) is 10.8. The average molecular weight is 582 g/mol. The summed E-state index contributed by atoms with van der Waals surface area (Å²) in [5.74, 6) is 0. The fourth-order valence-electron chi connectivity index (χ4n) is 2.81. The van der Waals surface area contributed by atoms with Gasteiger partial charge >= 0.3 is 16.8 Å². The molecule has 35 heavy (non-hydrogen) atoms. The zero-order valence-electron chi connectivity index (χ0n) is 18.8. The van der Waals surface area contributed by atoms with E-state index in [1.807, 2.05) is 79.4 Å². The molecule has 0 spiro atoms. The molecule has 6 nitrogen and oxygen atoms in total. The quantitative estimate of drug-likeness (QED) is 0.183. The van der Waals surface area contributed by atoms with E-state index in [4.69, 9.17) is 24.4 Å². The molecule has 11 heteroatoms. The third-order valence-corrected chi connectivity index (χ3v) is 6.53. The molecule has 179 valence electrons. The molecule has 2 aromatic heterocycles. The van der Waals surface area contributed by atoms with Crippen molar-refractivity contribution in [3.63, 3.8) is 0 Å². The van der Waals surface area contributed by atoms with Gasteiger partial charge in [0.25, 0.3) is 0 Å². The number of fused-ring (bicyclic) bond motifs is 2. The molecule has 4 rings (SSSR count). The van der Waals surface area contributed by atoms with E-state index in [9.17, 15) is 0 Å². The summed E-state index contributed by atoms with van der Waals surface area (Å²) >= 11 is 12.8. The van der Waals surface area contributed by atoms with Crippen LogP contribution < -0.4 is 10.9 Å². The minimum atomic E-state index is 0. The number of hydrazone groups is 2. The van der Waals surface area contributed by atoms with Gasteiger partial charge in [0.15, 0.2) is 8.64 Å². The van der Waals surface area contributed by atoms with E-state index in [-0.39, 0.29) is 16.8 Å². The van der Waals surface area contributed by atoms with E-state index < -0.39 is 0 Å². The molecule has 0 bridgehead atoms. The van der Waals surface area contributed by atoms with Crippen LogP contribution in [0, 0.1) is 0 Å². The van der Waals surface area contributed by atoms with Gasteiger partial charge in [-0.25, -0.2) is 0 Å². The van der Waals surface area contributed by atoms with E-state index in [1.165, 1.54) is 23.5 Å². The van der Waals surface area contributed by atoms with Gasteiger partial charge < -0.3 is 0 Å². The van der Waals surface area contributed by atoms with Gasteiger partial charge in [0.1, 0.15) is 0 Å². The number of thioether (sulfide) groups is 2. The maximum atomic E-state index is 4.98. The van der Waals surface area contributed by atoms with Crippen molar-refractivity contribution in [3.05, 3.63) is 84.4 Å². The number of hydrogen-bond acceptors (Lipinski definition) is 8. The number of thiocarbonyl (C=S) groups is 2. The second kappa shape index (κ2) is 15.6. The van der Waals surface area contributed by atoms with Crippen molar-refractivity contribution in [1.82, 2.24) is 20.8 Å². The molecule has 2 heterocycles. The van der Waals surface area contributed by atoms with Gasteiger partial charge in [-0.2, -0.15) is 10.2 Å². The van der Waals surface area contributed by atoms with Crippen molar-refractivity contribution < 1.29 is 16.8 Å². The molecule has 0 aliphatic heterocycles. The zero-order valence-corrected chi connectivity index (χ0v) is 23.1. The van der Waals surface area contributed by atoms with Crippen molar-refractivity contribution >= 4 is 90.6 Å².